The fraction of sp³-hybridized carbons (Fsp3) is 0.344. The second-order valence-electron chi connectivity index (χ2n) is 12.0. The number of anilines is 1. The zero-order chi connectivity index (χ0) is 30.6. The lowest BCUT2D eigenvalue weighted by molar-refractivity contribution is -0.116. The predicted molar refractivity (Wildman–Crippen MR) is 168 cm³/mol. The molecule has 2 amide bonds. The molecule has 0 radical (unpaired) electrons. The molecule has 9 nitrogen and oxygen atoms in total. The number of carbonyl (C=O) groups excluding carboxylic acids is 2. The fourth-order valence-electron chi connectivity index (χ4n) is 5.45. The van der Waals surface area contributed by atoms with Crippen LogP contribution in [0.25, 0.3) is 5.00 Å². The maximum absolute atomic E-state index is 13.5. The third-order valence-electron chi connectivity index (χ3n) is 7.60. The molecule has 4 heterocycles. The van der Waals surface area contributed by atoms with Crippen molar-refractivity contribution in [1.82, 2.24) is 19.7 Å². The Morgan fingerprint density at radius 1 is 1.05 bits per heavy atom. The Bertz CT molecular complexity index is 1780. The topological polar surface area (TPSA) is 102 Å². The second-order valence-corrected chi connectivity index (χ2v) is 13.6. The highest BCUT2D eigenvalue weighted by molar-refractivity contribution is 7.15. The maximum Gasteiger partial charge on any atom is 0.410 e. The molecule has 0 fully saturated rings. The summed E-state index contributed by atoms with van der Waals surface area (Å²) in [5, 5.41) is 13.5. The van der Waals surface area contributed by atoms with Gasteiger partial charge in [-0.15, -0.1) is 21.5 Å². The van der Waals surface area contributed by atoms with Gasteiger partial charge < -0.3 is 10.1 Å². The summed E-state index contributed by atoms with van der Waals surface area (Å²) in [6, 6.07) is 12.8. The first kappa shape index (κ1) is 29.1. The number of nitrogens with zero attached hydrogens (tertiary/aromatic N) is 5. The first-order valence-corrected chi connectivity index (χ1v) is 15.3. The van der Waals surface area contributed by atoms with Gasteiger partial charge in [0.05, 0.1) is 12.1 Å². The molecule has 0 unspecified atom stereocenters. The molecular formula is C32H33ClN6O3S. The highest BCUT2D eigenvalue weighted by atomic mass is 35.5. The number of fused-ring (bicyclic) bond motifs is 4. The van der Waals surface area contributed by atoms with Crippen LogP contribution in [0.15, 0.2) is 47.5 Å². The number of hydrogen-bond donors (Lipinski definition) is 1. The van der Waals surface area contributed by atoms with Crippen LogP contribution in [-0.4, -0.2) is 43.0 Å². The lowest BCUT2D eigenvalue weighted by Gasteiger charge is -2.24. The number of halogens is 1. The van der Waals surface area contributed by atoms with Crippen LogP contribution < -0.4 is 5.32 Å². The third-order valence-corrected chi connectivity index (χ3v) is 9.04. The summed E-state index contributed by atoms with van der Waals surface area (Å²) in [7, 11) is 0. The molecule has 0 aliphatic carbocycles. The van der Waals surface area contributed by atoms with Crippen molar-refractivity contribution in [3.05, 3.63) is 91.8 Å². The van der Waals surface area contributed by atoms with Crippen molar-refractivity contribution in [1.29, 1.82) is 0 Å². The highest BCUT2D eigenvalue weighted by Gasteiger charge is 2.33. The van der Waals surface area contributed by atoms with E-state index in [1.165, 1.54) is 4.88 Å². The Hall–Kier alpha value is -4.02. The van der Waals surface area contributed by atoms with E-state index < -0.39 is 11.6 Å². The van der Waals surface area contributed by atoms with Gasteiger partial charge in [0.15, 0.2) is 5.82 Å². The molecule has 6 rings (SSSR count). The smallest absolute Gasteiger partial charge is 0.410 e. The van der Waals surface area contributed by atoms with E-state index in [1.54, 1.807) is 16.2 Å². The predicted octanol–water partition coefficient (Wildman–Crippen LogP) is 7.08. The van der Waals surface area contributed by atoms with Gasteiger partial charge in [0.1, 0.15) is 22.5 Å². The fourth-order valence-corrected chi connectivity index (χ4v) is 6.79. The molecule has 222 valence electrons. The molecule has 1 N–H and O–H groups in total. The Kier molecular flexibility index (Phi) is 7.38. The molecule has 0 saturated heterocycles. The first-order chi connectivity index (χ1) is 20.4. The number of carbonyl (C=O) groups is 2. The molecule has 2 aromatic heterocycles. The van der Waals surface area contributed by atoms with Gasteiger partial charge in [-0.1, -0.05) is 29.8 Å². The van der Waals surface area contributed by atoms with Gasteiger partial charge in [-0.05, 0) is 82.5 Å². The van der Waals surface area contributed by atoms with Gasteiger partial charge >= 0.3 is 6.09 Å². The van der Waals surface area contributed by atoms with E-state index in [0.29, 0.717) is 29.6 Å². The van der Waals surface area contributed by atoms with E-state index in [9.17, 15) is 9.59 Å². The summed E-state index contributed by atoms with van der Waals surface area (Å²) in [4.78, 5) is 34.1. The lowest BCUT2D eigenvalue weighted by atomic mass is 9.99. The molecule has 0 saturated carbocycles. The summed E-state index contributed by atoms with van der Waals surface area (Å²) in [6.45, 7) is 12.6. The van der Waals surface area contributed by atoms with Gasteiger partial charge in [-0.2, -0.15) is 0 Å². The van der Waals surface area contributed by atoms with Crippen LogP contribution in [0.1, 0.15) is 77.6 Å². The van der Waals surface area contributed by atoms with Crippen molar-refractivity contribution in [2.75, 3.05) is 5.32 Å². The molecule has 43 heavy (non-hydrogen) atoms. The lowest BCUT2D eigenvalue weighted by Crippen LogP contribution is -2.33. The zero-order valence-electron chi connectivity index (χ0n) is 25.0. The van der Waals surface area contributed by atoms with E-state index in [-0.39, 0.29) is 18.4 Å². The number of rotatable bonds is 4. The minimum Gasteiger partial charge on any atom is -0.444 e. The molecule has 11 heteroatoms. The van der Waals surface area contributed by atoms with Crippen LogP contribution in [0, 0.1) is 20.8 Å². The number of thiophene rings is 1. The van der Waals surface area contributed by atoms with E-state index in [2.05, 4.69) is 29.4 Å². The standard InChI is InChI=1S/C32H33ClN6O3S/c1-17-18(2)43-30-27(17)28(20-7-10-23(33)11-8-20)35-25(29-37-36-19(3)39(29)30)14-26(40)34-24-12-9-21-15-38(16-22(21)13-24)31(41)42-32(4,5)6/h7-13,25H,14-16H2,1-6H3,(H,34,40)/t25-/m0/s1. The number of aryl methyl sites for hydroxylation is 2. The van der Waals surface area contributed by atoms with E-state index >= 15 is 0 Å². The SMILES string of the molecule is Cc1sc2c(c1C)C(c1ccc(Cl)cc1)=N[C@@H](CC(=O)Nc1ccc3c(c1)CN(C(=O)OC(C)(C)C)C3)c1nnc(C)n1-2. The summed E-state index contributed by atoms with van der Waals surface area (Å²) in [6.07, 6.45) is -0.279. The number of ether oxygens (including phenoxy) is 1. The van der Waals surface area contributed by atoms with Crippen molar-refractivity contribution < 1.29 is 14.3 Å². The average molecular weight is 617 g/mol. The van der Waals surface area contributed by atoms with Crippen molar-refractivity contribution >= 4 is 46.3 Å². The van der Waals surface area contributed by atoms with Gasteiger partial charge in [0.2, 0.25) is 5.91 Å². The highest BCUT2D eigenvalue weighted by Crippen LogP contribution is 2.40. The zero-order valence-corrected chi connectivity index (χ0v) is 26.6. The number of aliphatic imine (C=N–C) groups is 1. The molecule has 0 spiro atoms. The van der Waals surface area contributed by atoms with Gasteiger partial charge in [0, 0.05) is 39.8 Å². The molecular weight excluding hydrogens is 584 g/mol. The van der Waals surface area contributed by atoms with E-state index in [1.807, 2.05) is 74.7 Å². The van der Waals surface area contributed by atoms with Crippen LogP contribution >= 0.6 is 22.9 Å². The Morgan fingerprint density at radius 3 is 2.49 bits per heavy atom. The Morgan fingerprint density at radius 2 is 1.77 bits per heavy atom. The molecule has 2 aliphatic rings. The van der Waals surface area contributed by atoms with Crippen LogP contribution in [0.2, 0.25) is 5.02 Å². The number of amides is 2. The maximum atomic E-state index is 13.5. The first-order valence-electron chi connectivity index (χ1n) is 14.1. The third kappa shape index (κ3) is 5.69. The summed E-state index contributed by atoms with van der Waals surface area (Å²) in [5.74, 6) is 1.17. The van der Waals surface area contributed by atoms with Crippen molar-refractivity contribution in [2.45, 2.75) is 72.7 Å². The molecule has 2 aliphatic heterocycles. The summed E-state index contributed by atoms with van der Waals surface area (Å²) in [5.41, 5.74) is 5.98. The van der Waals surface area contributed by atoms with E-state index in [4.69, 9.17) is 21.3 Å². The number of nitrogens with one attached hydrogen (secondary N) is 1. The largest absolute Gasteiger partial charge is 0.444 e. The van der Waals surface area contributed by atoms with Crippen LogP contribution in [0.5, 0.6) is 0 Å². The number of hydrogen-bond acceptors (Lipinski definition) is 7. The van der Waals surface area contributed by atoms with Crippen LogP contribution in [-0.2, 0) is 22.6 Å². The minimum atomic E-state index is -0.566. The normalized spacial score (nSPS) is 15.7. The molecule has 2 aromatic carbocycles. The average Bonchev–Trinajstić information content (AvgIpc) is 3.59. The minimum absolute atomic E-state index is 0.0727. The summed E-state index contributed by atoms with van der Waals surface area (Å²) >= 11 is 7.89. The molecule has 0 bridgehead atoms. The van der Waals surface area contributed by atoms with Gasteiger partial charge in [-0.25, -0.2) is 4.79 Å². The number of aromatic nitrogens is 3. The second kappa shape index (κ2) is 10.9. The molecule has 4 aromatic rings. The van der Waals surface area contributed by atoms with Crippen molar-refractivity contribution in [2.24, 2.45) is 4.99 Å². The monoisotopic (exact) mass is 616 g/mol. The van der Waals surface area contributed by atoms with Crippen molar-refractivity contribution in [3.8, 4) is 5.00 Å². The van der Waals surface area contributed by atoms with Crippen LogP contribution in [0.4, 0.5) is 10.5 Å². The van der Waals surface area contributed by atoms with E-state index in [0.717, 1.165) is 44.4 Å². The van der Waals surface area contributed by atoms with Crippen molar-refractivity contribution in [3.63, 3.8) is 0 Å². The molecule has 1 atom stereocenters. The van der Waals surface area contributed by atoms with Gasteiger partial charge in [-0.3, -0.25) is 19.3 Å². The summed E-state index contributed by atoms with van der Waals surface area (Å²) < 4.78 is 7.57. The Labute approximate surface area is 259 Å². The van der Waals surface area contributed by atoms with Gasteiger partial charge in [0.25, 0.3) is 0 Å². The van der Waals surface area contributed by atoms with Crippen LogP contribution in [0.3, 0.4) is 0 Å². The Balaban J connectivity index is 1.28. The number of benzene rings is 2. The quantitative estimate of drug-likeness (QED) is 0.264.